The number of carbonyl (C=O) groups is 1. The first-order valence-electron chi connectivity index (χ1n) is 8.62. The van der Waals surface area contributed by atoms with Gasteiger partial charge in [0, 0.05) is 23.2 Å². The van der Waals surface area contributed by atoms with Crippen molar-refractivity contribution >= 4 is 38.1 Å². The van der Waals surface area contributed by atoms with Gasteiger partial charge in [-0.1, -0.05) is 6.07 Å². The van der Waals surface area contributed by atoms with Gasteiger partial charge in [-0.25, -0.2) is 22.2 Å². The quantitative estimate of drug-likeness (QED) is 0.613. The van der Waals surface area contributed by atoms with Crippen LogP contribution >= 0.6 is 11.3 Å². The van der Waals surface area contributed by atoms with Gasteiger partial charge in [0.1, 0.15) is 0 Å². The van der Waals surface area contributed by atoms with Gasteiger partial charge in [-0.05, 0) is 54.3 Å². The van der Waals surface area contributed by atoms with Gasteiger partial charge >= 0.3 is 0 Å². The summed E-state index contributed by atoms with van der Waals surface area (Å²) in [5, 5.41) is 4.64. The first-order valence-corrected chi connectivity index (χ1v) is 11.0. The largest absolute Gasteiger partial charge is 0.326 e. The summed E-state index contributed by atoms with van der Waals surface area (Å²) >= 11 is 1.16. The smallest absolute Gasteiger partial charge is 0.263 e. The summed E-state index contributed by atoms with van der Waals surface area (Å²) in [5.41, 5.74) is 1.03. The Morgan fingerprint density at radius 1 is 1.10 bits per heavy atom. The zero-order chi connectivity index (χ0) is 20.6. The van der Waals surface area contributed by atoms with E-state index in [2.05, 4.69) is 15.0 Å². The molecule has 2 aromatic carbocycles. The Labute approximate surface area is 169 Å². The van der Waals surface area contributed by atoms with E-state index in [-0.39, 0.29) is 27.8 Å². The van der Waals surface area contributed by atoms with E-state index in [4.69, 9.17) is 0 Å². The molecule has 1 amide bonds. The summed E-state index contributed by atoms with van der Waals surface area (Å²) < 4.78 is 53.4. The number of rotatable bonds is 6. The van der Waals surface area contributed by atoms with Gasteiger partial charge in [0.15, 0.2) is 16.8 Å². The monoisotopic (exact) mass is 435 g/mol. The van der Waals surface area contributed by atoms with Crippen LogP contribution < -0.4 is 10.0 Å². The van der Waals surface area contributed by atoms with E-state index in [9.17, 15) is 22.0 Å². The third-order valence-electron chi connectivity index (χ3n) is 4.59. The highest BCUT2D eigenvalue weighted by molar-refractivity contribution is 7.93. The van der Waals surface area contributed by atoms with Gasteiger partial charge in [-0.3, -0.25) is 9.52 Å². The molecule has 2 unspecified atom stereocenters. The average Bonchev–Trinajstić information content (AvgIpc) is 3.34. The summed E-state index contributed by atoms with van der Waals surface area (Å²) in [7, 11) is -3.77. The van der Waals surface area contributed by atoms with E-state index in [0.717, 1.165) is 23.5 Å². The molecule has 2 N–H and O–H groups in total. The van der Waals surface area contributed by atoms with Gasteiger partial charge in [0.25, 0.3) is 10.0 Å². The van der Waals surface area contributed by atoms with Crippen molar-refractivity contribution in [2.75, 3.05) is 10.0 Å². The number of benzene rings is 2. The fourth-order valence-electron chi connectivity index (χ4n) is 3.00. The normalized spacial score (nSPS) is 18.3. The number of thiazole rings is 1. The topological polar surface area (TPSA) is 88.2 Å². The van der Waals surface area contributed by atoms with Crippen molar-refractivity contribution in [2.24, 2.45) is 5.92 Å². The van der Waals surface area contributed by atoms with Crippen LogP contribution in [0.4, 0.5) is 19.6 Å². The summed E-state index contributed by atoms with van der Waals surface area (Å²) in [4.78, 5) is 16.3. The van der Waals surface area contributed by atoms with Crippen molar-refractivity contribution in [1.82, 2.24) is 4.98 Å². The molecule has 150 valence electrons. The Hall–Kier alpha value is -2.85. The third kappa shape index (κ3) is 4.28. The molecule has 4 rings (SSSR count). The van der Waals surface area contributed by atoms with E-state index < -0.39 is 21.7 Å². The number of amides is 1. The Kier molecular flexibility index (Phi) is 5.05. The highest BCUT2D eigenvalue weighted by Crippen LogP contribution is 2.48. The molecule has 1 heterocycles. The summed E-state index contributed by atoms with van der Waals surface area (Å²) in [5.74, 6) is -2.61. The van der Waals surface area contributed by atoms with Crippen molar-refractivity contribution in [1.29, 1.82) is 0 Å². The Balaban J connectivity index is 1.39. The van der Waals surface area contributed by atoms with Crippen molar-refractivity contribution in [2.45, 2.75) is 17.2 Å². The highest BCUT2D eigenvalue weighted by Gasteiger charge is 2.44. The summed E-state index contributed by atoms with van der Waals surface area (Å²) in [6, 6.07) is 9.38. The predicted octanol–water partition coefficient (Wildman–Crippen LogP) is 3.96. The second-order valence-electron chi connectivity index (χ2n) is 6.58. The molecule has 2 atom stereocenters. The molecule has 10 heteroatoms. The fourth-order valence-corrected chi connectivity index (χ4v) is 4.79. The number of nitrogens with zero attached hydrogens (tertiary/aromatic N) is 1. The van der Waals surface area contributed by atoms with Crippen LogP contribution in [0, 0.1) is 17.6 Å². The first kappa shape index (κ1) is 19.5. The van der Waals surface area contributed by atoms with E-state index >= 15 is 0 Å². The molecule has 1 aromatic heterocycles. The van der Waals surface area contributed by atoms with Crippen molar-refractivity contribution in [3.05, 3.63) is 71.2 Å². The van der Waals surface area contributed by atoms with Gasteiger partial charge in [0.2, 0.25) is 5.91 Å². The van der Waals surface area contributed by atoms with Gasteiger partial charge < -0.3 is 5.32 Å². The molecule has 0 aliphatic heterocycles. The molecule has 6 nitrogen and oxygen atoms in total. The lowest BCUT2D eigenvalue weighted by Gasteiger charge is -2.08. The van der Waals surface area contributed by atoms with Gasteiger partial charge in [-0.2, -0.15) is 0 Å². The maximum atomic E-state index is 13.4. The minimum absolute atomic E-state index is 0.0387. The number of hydrogen-bond donors (Lipinski definition) is 2. The van der Waals surface area contributed by atoms with E-state index in [1.807, 2.05) is 0 Å². The third-order valence-corrected chi connectivity index (χ3v) is 6.76. The molecule has 29 heavy (non-hydrogen) atoms. The molecular weight excluding hydrogens is 420 g/mol. The number of anilines is 2. The van der Waals surface area contributed by atoms with E-state index in [1.54, 1.807) is 5.38 Å². The maximum absolute atomic E-state index is 13.4. The lowest BCUT2D eigenvalue weighted by Crippen LogP contribution is -2.15. The number of sulfonamides is 1. The van der Waals surface area contributed by atoms with Crippen LogP contribution in [0.5, 0.6) is 0 Å². The second-order valence-corrected chi connectivity index (χ2v) is 9.16. The molecule has 1 fully saturated rings. The average molecular weight is 435 g/mol. The Morgan fingerprint density at radius 3 is 2.52 bits per heavy atom. The lowest BCUT2D eigenvalue weighted by molar-refractivity contribution is -0.117. The zero-order valence-electron chi connectivity index (χ0n) is 14.8. The number of hydrogen-bond acceptors (Lipinski definition) is 5. The van der Waals surface area contributed by atoms with Gasteiger partial charge in [0.05, 0.1) is 4.90 Å². The molecule has 0 spiro atoms. The van der Waals surface area contributed by atoms with Crippen LogP contribution in [0.1, 0.15) is 17.9 Å². The van der Waals surface area contributed by atoms with Crippen molar-refractivity contribution in [3.63, 3.8) is 0 Å². The fraction of sp³-hybridized carbons (Fsp3) is 0.158. The SMILES string of the molecule is O=C(Nc1ccc(S(=O)(=O)Nc2nccs2)cc1)C1CC1c1ccc(F)c(F)c1. The molecule has 1 aliphatic rings. The molecule has 0 saturated heterocycles. The molecular formula is C19H15F2N3O3S2. The highest BCUT2D eigenvalue weighted by atomic mass is 32.2. The minimum Gasteiger partial charge on any atom is -0.326 e. The van der Waals surface area contributed by atoms with Crippen LogP contribution in [-0.2, 0) is 14.8 Å². The first-order chi connectivity index (χ1) is 13.8. The lowest BCUT2D eigenvalue weighted by atomic mass is 10.1. The summed E-state index contributed by atoms with van der Waals surface area (Å²) in [6.07, 6.45) is 2.04. The predicted molar refractivity (Wildman–Crippen MR) is 105 cm³/mol. The van der Waals surface area contributed by atoms with Crippen LogP contribution in [0.2, 0.25) is 0 Å². The van der Waals surface area contributed by atoms with Crippen molar-refractivity contribution in [3.8, 4) is 0 Å². The van der Waals surface area contributed by atoms with Crippen LogP contribution in [0.15, 0.2) is 58.9 Å². The standard InChI is InChI=1S/C19H15F2N3O3S2/c20-16-6-1-11(9-17(16)21)14-10-15(14)18(25)23-12-2-4-13(5-3-12)29(26,27)24-19-22-7-8-28-19/h1-9,14-15H,10H2,(H,22,24)(H,23,25). The Bertz CT molecular complexity index is 1150. The van der Waals surface area contributed by atoms with E-state index in [1.165, 1.54) is 36.5 Å². The van der Waals surface area contributed by atoms with Gasteiger partial charge in [-0.15, -0.1) is 11.3 Å². The number of halogens is 2. The van der Waals surface area contributed by atoms with Crippen LogP contribution in [0.3, 0.4) is 0 Å². The molecule has 3 aromatic rings. The van der Waals surface area contributed by atoms with Crippen molar-refractivity contribution < 1.29 is 22.0 Å². The molecule has 1 saturated carbocycles. The summed E-state index contributed by atoms with van der Waals surface area (Å²) in [6.45, 7) is 0. The van der Waals surface area contributed by atoms with E-state index in [0.29, 0.717) is 17.7 Å². The molecule has 0 bridgehead atoms. The number of carbonyl (C=O) groups excluding carboxylic acids is 1. The number of aromatic nitrogens is 1. The Morgan fingerprint density at radius 2 is 1.86 bits per heavy atom. The minimum atomic E-state index is -3.77. The number of nitrogens with one attached hydrogen (secondary N) is 2. The molecule has 1 aliphatic carbocycles. The van der Waals surface area contributed by atoms with Crippen LogP contribution in [-0.4, -0.2) is 19.3 Å². The van der Waals surface area contributed by atoms with Crippen LogP contribution in [0.25, 0.3) is 0 Å². The zero-order valence-corrected chi connectivity index (χ0v) is 16.4. The second kappa shape index (κ2) is 7.53. The maximum Gasteiger partial charge on any atom is 0.263 e. The molecule has 0 radical (unpaired) electrons.